The van der Waals surface area contributed by atoms with Gasteiger partial charge in [0.15, 0.2) is 0 Å². The van der Waals surface area contributed by atoms with Gasteiger partial charge in [-0.1, -0.05) is 56.7 Å². The van der Waals surface area contributed by atoms with Gasteiger partial charge in [-0.25, -0.2) is 0 Å². The van der Waals surface area contributed by atoms with Gasteiger partial charge in [0.25, 0.3) is 11.8 Å². The minimum absolute atomic E-state index is 0.203. The van der Waals surface area contributed by atoms with Crippen molar-refractivity contribution in [2.24, 2.45) is 5.92 Å². The first-order chi connectivity index (χ1) is 10.0. The van der Waals surface area contributed by atoms with Gasteiger partial charge in [-0.3, -0.25) is 14.5 Å². The highest BCUT2D eigenvalue weighted by atomic mass is 16.2. The lowest BCUT2D eigenvalue weighted by Gasteiger charge is -2.10. The van der Waals surface area contributed by atoms with E-state index in [0.717, 1.165) is 6.42 Å². The van der Waals surface area contributed by atoms with Gasteiger partial charge in [0.05, 0.1) is 11.1 Å². The van der Waals surface area contributed by atoms with Crippen LogP contribution in [0.25, 0.3) is 0 Å². The van der Waals surface area contributed by atoms with Crippen molar-refractivity contribution in [2.75, 3.05) is 6.54 Å². The molecular weight excluding hydrogens is 262 g/mol. The third-order valence-electron chi connectivity index (χ3n) is 3.45. The zero-order valence-corrected chi connectivity index (χ0v) is 12.8. The Morgan fingerprint density at radius 2 is 1.71 bits per heavy atom. The minimum Gasteiger partial charge on any atom is -0.270 e. The zero-order valence-electron chi connectivity index (χ0n) is 12.8. The van der Waals surface area contributed by atoms with Crippen molar-refractivity contribution in [3.05, 3.63) is 59.2 Å². The van der Waals surface area contributed by atoms with Gasteiger partial charge >= 0.3 is 0 Å². The lowest BCUT2D eigenvalue weighted by Crippen LogP contribution is -2.29. The molecular formula is C18H21NO2. The normalized spacial score (nSPS) is 15.4. The fourth-order valence-corrected chi connectivity index (χ4v) is 2.43. The molecule has 0 fully saturated rings. The van der Waals surface area contributed by atoms with E-state index in [0.29, 0.717) is 23.6 Å². The van der Waals surface area contributed by atoms with Gasteiger partial charge in [-0.15, -0.1) is 0 Å². The van der Waals surface area contributed by atoms with Crippen molar-refractivity contribution in [3.63, 3.8) is 0 Å². The van der Waals surface area contributed by atoms with Crippen LogP contribution < -0.4 is 0 Å². The Bertz CT molecular complexity index is 576. The molecule has 1 aromatic carbocycles. The van der Waals surface area contributed by atoms with E-state index in [1.54, 1.807) is 24.3 Å². The fraction of sp³-hybridized carbons (Fsp3) is 0.333. The average Bonchev–Trinajstić information content (AvgIpc) is 2.71. The SMILES string of the molecule is CCC(/C=C/CN1C(=O)c2ccccc2C1=O)=C\C(C)C. The largest absolute Gasteiger partial charge is 0.270 e. The van der Waals surface area contributed by atoms with Crippen molar-refractivity contribution in [1.82, 2.24) is 4.90 Å². The van der Waals surface area contributed by atoms with E-state index in [-0.39, 0.29) is 11.8 Å². The molecule has 0 saturated heterocycles. The molecule has 0 unspecified atom stereocenters. The van der Waals surface area contributed by atoms with E-state index in [4.69, 9.17) is 0 Å². The number of carbonyl (C=O) groups is 2. The summed E-state index contributed by atoms with van der Waals surface area (Å²) < 4.78 is 0. The molecule has 1 aliphatic rings. The Kier molecular flexibility index (Phi) is 4.73. The number of imide groups is 1. The summed E-state index contributed by atoms with van der Waals surface area (Å²) in [5, 5.41) is 0. The van der Waals surface area contributed by atoms with Gasteiger partial charge in [0.1, 0.15) is 0 Å². The van der Waals surface area contributed by atoms with Crippen LogP contribution in [0.2, 0.25) is 0 Å². The maximum absolute atomic E-state index is 12.2. The van der Waals surface area contributed by atoms with Crippen LogP contribution in [0.3, 0.4) is 0 Å². The molecule has 0 spiro atoms. The molecule has 1 aliphatic heterocycles. The van der Waals surface area contributed by atoms with Crippen molar-refractivity contribution in [3.8, 4) is 0 Å². The molecule has 1 aromatic rings. The summed E-state index contributed by atoms with van der Waals surface area (Å²) in [5.74, 6) is 0.0844. The topological polar surface area (TPSA) is 37.4 Å². The van der Waals surface area contributed by atoms with Gasteiger partial charge in [-0.05, 0) is 24.5 Å². The van der Waals surface area contributed by atoms with E-state index >= 15 is 0 Å². The van der Waals surface area contributed by atoms with E-state index in [2.05, 4.69) is 26.8 Å². The number of nitrogens with zero attached hydrogens (tertiary/aromatic N) is 1. The molecule has 0 radical (unpaired) electrons. The van der Waals surface area contributed by atoms with E-state index < -0.39 is 0 Å². The number of carbonyl (C=O) groups excluding carboxylic acids is 2. The summed E-state index contributed by atoms with van der Waals surface area (Å²) in [5.41, 5.74) is 2.23. The Labute approximate surface area is 126 Å². The highest BCUT2D eigenvalue weighted by Crippen LogP contribution is 2.22. The first kappa shape index (κ1) is 15.2. The van der Waals surface area contributed by atoms with Crippen LogP contribution in [0.1, 0.15) is 47.9 Å². The minimum atomic E-state index is -0.203. The van der Waals surface area contributed by atoms with Crippen LogP contribution in [0, 0.1) is 5.92 Å². The molecule has 0 N–H and O–H groups in total. The second kappa shape index (κ2) is 6.53. The van der Waals surface area contributed by atoms with Crippen molar-refractivity contribution < 1.29 is 9.59 Å². The van der Waals surface area contributed by atoms with Crippen molar-refractivity contribution >= 4 is 11.8 Å². The highest BCUT2D eigenvalue weighted by molar-refractivity contribution is 6.21. The summed E-state index contributed by atoms with van der Waals surface area (Å²) >= 11 is 0. The maximum Gasteiger partial charge on any atom is 0.261 e. The van der Waals surface area contributed by atoms with Crippen LogP contribution in [0.5, 0.6) is 0 Å². The Balaban J connectivity index is 2.09. The highest BCUT2D eigenvalue weighted by Gasteiger charge is 2.33. The zero-order chi connectivity index (χ0) is 15.4. The summed E-state index contributed by atoms with van der Waals surface area (Å²) in [7, 11) is 0. The molecule has 3 nitrogen and oxygen atoms in total. The van der Waals surface area contributed by atoms with Crippen molar-refractivity contribution in [1.29, 1.82) is 0 Å². The third-order valence-corrected chi connectivity index (χ3v) is 3.45. The van der Waals surface area contributed by atoms with Gasteiger partial charge in [0, 0.05) is 6.54 Å². The van der Waals surface area contributed by atoms with Crippen molar-refractivity contribution in [2.45, 2.75) is 27.2 Å². The fourth-order valence-electron chi connectivity index (χ4n) is 2.43. The summed E-state index contributed by atoms with van der Waals surface area (Å²) in [6.07, 6.45) is 7.03. The smallest absolute Gasteiger partial charge is 0.261 e. The van der Waals surface area contributed by atoms with Crippen LogP contribution in [-0.2, 0) is 0 Å². The predicted octanol–water partition coefficient (Wildman–Crippen LogP) is 3.83. The molecule has 0 aliphatic carbocycles. The molecule has 0 bridgehead atoms. The lowest BCUT2D eigenvalue weighted by molar-refractivity contribution is 0.0672. The number of fused-ring (bicyclic) bond motifs is 1. The first-order valence-corrected chi connectivity index (χ1v) is 7.37. The number of hydrogen-bond acceptors (Lipinski definition) is 2. The van der Waals surface area contributed by atoms with E-state index in [9.17, 15) is 9.59 Å². The van der Waals surface area contributed by atoms with Crippen LogP contribution >= 0.6 is 0 Å². The molecule has 0 saturated carbocycles. The van der Waals surface area contributed by atoms with Gasteiger partial charge in [0.2, 0.25) is 0 Å². The molecule has 1 heterocycles. The first-order valence-electron chi connectivity index (χ1n) is 7.37. The molecule has 2 rings (SSSR count). The predicted molar refractivity (Wildman–Crippen MR) is 84.2 cm³/mol. The molecule has 0 atom stereocenters. The summed E-state index contributed by atoms with van der Waals surface area (Å²) in [6, 6.07) is 6.97. The van der Waals surface area contributed by atoms with Crippen LogP contribution in [0.4, 0.5) is 0 Å². The Morgan fingerprint density at radius 1 is 1.14 bits per heavy atom. The standard InChI is InChI=1S/C18H21NO2/c1-4-14(12-13(2)3)8-7-11-19-17(20)15-9-5-6-10-16(15)18(19)21/h5-10,12-13H,4,11H2,1-3H3/b8-7+,14-12+. The lowest BCUT2D eigenvalue weighted by atomic mass is 10.1. The van der Waals surface area contributed by atoms with Crippen LogP contribution in [-0.4, -0.2) is 23.3 Å². The molecule has 0 aromatic heterocycles. The molecule has 21 heavy (non-hydrogen) atoms. The van der Waals surface area contributed by atoms with Crippen LogP contribution in [0.15, 0.2) is 48.1 Å². The second-order valence-electron chi connectivity index (χ2n) is 5.51. The molecule has 2 amide bonds. The quantitative estimate of drug-likeness (QED) is 0.608. The number of benzene rings is 1. The third kappa shape index (κ3) is 3.30. The number of allylic oxidation sites excluding steroid dienone is 3. The summed E-state index contributed by atoms with van der Waals surface area (Å²) in [4.78, 5) is 25.7. The number of amides is 2. The maximum atomic E-state index is 12.2. The van der Waals surface area contributed by atoms with Gasteiger partial charge in [-0.2, -0.15) is 0 Å². The summed E-state index contributed by atoms with van der Waals surface area (Å²) in [6.45, 7) is 6.68. The molecule has 3 heteroatoms. The number of hydrogen-bond donors (Lipinski definition) is 0. The van der Waals surface area contributed by atoms with Gasteiger partial charge < -0.3 is 0 Å². The average molecular weight is 283 g/mol. The Morgan fingerprint density at radius 3 is 2.19 bits per heavy atom. The van der Waals surface area contributed by atoms with E-state index in [1.807, 2.05) is 12.2 Å². The molecule has 110 valence electrons. The Hall–Kier alpha value is -2.16. The second-order valence-corrected chi connectivity index (χ2v) is 5.51. The monoisotopic (exact) mass is 283 g/mol. The number of rotatable bonds is 5. The van der Waals surface area contributed by atoms with E-state index in [1.165, 1.54) is 10.5 Å².